The minimum absolute atomic E-state index is 0.0776. The zero-order valence-corrected chi connectivity index (χ0v) is 59.2. The molecule has 0 aliphatic rings. The first kappa shape index (κ1) is 87.0. The predicted octanol–water partition coefficient (Wildman–Crippen LogP) is 19.5. The van der Waals surface area contributed by atoms with E-state index in [0.717, 1.165) is 134 Å². The molecule has 19 heteroatoms. The van der Waals surface area contributed by atoms with Gasteiger partial charge in [0.1, 0.15) is 19.3 Å². The van der Waals surface area contributed by atoms with Gasteiger partial charge in [-0.15, -0.1) is 0 Å². The highest BCUT2D eigenvalue weighted by Crippen LogP contribution is 2.45. The van der Waals surface area contributed by atoms with E-state index in [1.807, 2.05) is 0 Å². The SMILES string of the molecule is CCCCCC/C=C\C=C/CCCCCCCC(=O)OC[C@H](COP(=O)(O)OC[C@@H](O)COP(=O)(O)OC[C@@H](COC(=O)CCCCCCCCC(C)CC)OC(=O)CCCCCCCCCC(C)C)OC(=O)CCCCCCC/C=C\C=C/CCCCCC. The number of aliphatic hydroxyl groups is 1. The summed E-state index contributed by atoms with van der Waals surface area (Å²) in [4.78, 5) is 72.5. The second kappa shape index (κ2) is 62.2. The van der Waals surface area contributed by atoms with Gasteiger partial charge in [0.25, 0.3) is 0 Å². The number of hydrogen-bond donors (Lipinski definition) is 3. The highest BCUT2D eigenvalue weighted by Gasteiger charge is 2.30. The Kier molecular flexibility index (Phi) is 60.1. The van der Waals surface area contributed by atoms with E-state index in [1.165, 1.54) is 89.9 Å². The van der Waals surface area contributed by atoms with E-state index in [2.05, 4.69) is 90.2 Å². The predicted molar refractivity (Wildman–Crippen MR) is 363 cm³/mol. The number of rotatable bonds is 66. The zero-order chi connectivity index (χ0) is 66.5. The van der Waals surface area contributed by atoms with Gasteiger partial charge in [0.05, 0.1) is 26.4 Å². The number of esters is 4. The molecule has 0 spiro atoms. The lowest BCUT2D eigenvalue weighted by atomic mass is 10.00. The Morgan fingerprint density at radius 2 is 0.656 bits per heavy atom. The van der Waals surface area contributed by atoms with Gasteiger partial charge in [-0.05, 0) is 88.9 Å². The Morgan fingerprint density at radius 1 is 0.367 bits per heavy atom. The number of phosphoric ester groups is 2. The van der Waals surface area contributed by atoms with Crippen LogP contribution in [-0.4, -0.2) is 96.7 Å². The average Bonchev–Trinajstić information content (AvgIpc) is 2.98. The lowest BCUT2D eigenvalue weighted by molar-refractivity contribution is -0.161. The molecule has 3 N–H and O–H groups in total. The molecule has 17 nitrogen and oxygen atoms in total. The Bertz CT molecular complexity index is 1940. The van der Waals surface area contributed by atoms with Crippen molar-refractivity contribution in [2.45, 2.75) is 330 Å². The third-order valence-corrected chi connectivity index (χ3v) is 17.5. The fraction of sp³-hybridized carbons (Fsp3) is 0.831. The van der Waals surface area contributed by atoms with Gasteiger partial charge in [-0.25, -0.2) is 9.13 Å². The van der Waals surface area contributed by atoms with Crippen molar-refractivity contribution < 1.29 is 80.2 Å². The minimum Gasteiger partial charge on any atom is -0.462 e. The van der Waals surface area contributed by atoms with E-state index in [1.54, 1.807) is 0 Å². The van der Waals surface area contributed by atoms with Crippen molar-refractivity contribution in [1.82, 2.24) is 0 Å². The number of phosphoric acid groups is 2. The van der Waals surface area contributed by atoms with Crippen LogP contribution in [0.4, 0.5) is 0 Å². The van der Waals surface area contributed by atoms with Gasteiger partial charge < -0.3 is 33.8 Å². The fourth-order valence-electron chi connectivity index (χ4n) is 9.66. The van der Waals surface area contributed by atoms with Crippen LogP contribution < -0.4 is 0 Å². The number of unbranched alkanes of at least 4 members (excludes halogenated alkanes) is 29. The van der Waals surface area contributed by atoms with Gasteiger partial charge in [-0.2, -0.15) is 0 Å². The molecule has 0 aliphatic heterocycles. The maximum absolute atomic E-state index is 13.0. The van der Waals surface area contributed by atoms with Gasteiger partial charge in [-0.3, -0.25) is 37.3 Å². The van der Waals surface area contributed by atoms with Crippen LogP contribution in [0.5, 0.6) is 0 Å². The Balaban J connectivity index is 5.32. The fourth-order valence-corrected chi connectivity index (χ4v) is 11.2. The molecule has 0 rings (SSSR count). The smallest absolute Gasteiger partial charge is 0.462 e. The summed E-state index contributed by atoms with van der Waals surface area (Å²) in [6, 6.07) is 0. The lowest BCUT2D eigenvalue weighted by Gasteiger charge is -2.21. The summed E-state index contributed by atoms with van der Waals surface area (Å²) in [5.41, 5.74) is 0. The van der Waals surface area contributed by atoms with E-state index >= 15 is 0 Å². The number of carbonyl (C=O) groups excluding carboxylic acids is 4. The van der Waals surface area contributed by atoms with Crippen LogP contribution in [0.1, 0.15) is 311 Å². The summed E-state index contributed by atoms with van der Waals surface area (Å²) in [5.74, 6) is -0.769. The second-order valence-corrected chi connectivity index (χ2v) is 27.9. The Morgan fingerprint density at radius 3 is 0.989 bits per heavy atom. The molecular formula is C71H130O17P2. The number of ether oxygens (including phenoxy) is 4. The first-order valence-electron chi connectivity index (χ1n) is 35.7. The van der Waals surface area contributed by atoms with Crippen LogP contribution in [0.25, 0.3) is 0 Å². The summed E-state index contributed by atoms with van der Waals surface area (Å²) >= 11 is 0. The van der Waals surface area contributed by atoms with Crippen molar-refractivity contribution in [3.8, 4) is 0 Å². The molecule has 0 saturated heterocycles. The summed E-state index contributed by atoms with van der Waals surface area (Å²) in [6.45, 7) is 9.30. The van der Waals surface area contributed by atoms with Crippen molar-refractivity contribution >= 4 is 39.5 Å². The zero-order valence-electron chi connectivity index (χ0n) is 57.4. The first-order valence-corrected chi connectivity index (χ1v) is 38.7. The molecule has 0 aromatic heterocycles. The first-order chi connectivity index (χ1) is 43.4. The van der Waals surface area contributed by atoms with Gasteiger partial charge in [-0.1, -0.05) is 257 Å². The van der Waals surface area contributed by atoms with E-state index in [0.29, 0.717) is 31.6 Å². The van der Waals surface area contributed by atoms with Gasteiger partial charge in [0.15, 0.2) is 12.2 Å². The topological polar surface area (TPSA) is 237 Å². The Labute approximate surface area is 547 Å². The summed E-state index contributed by atoms with van der Waals surface area (Å²) in [7, 11) is -9.93. The number of aliphatic hydroxyl groups excluding tert-OH is 1. The third-order valence-electron chi connectivity index (χ3n) is 15.6. The van der Waals surface area contributed by atoms with Crippen molar-refractivity contribution in [1.29, 1.82) is 0 Å². The van der Waals surface area contributed by atoms with Gasteiger partial charge in [0, 0.05) is 25.7 Å². The molecule has 0 saturated carbocycles. The van der Waals surface area contributed by atoms with Crippen LogP contribution in [-0.2, 0) is 65.4 Å². The molecule has 6 atom stereocenters. The van der Waals surface area contributed by atoms with Crippen LogP contribution in [0.2, 0.25) is 0 Å². The van der Waals surface area contributed by atoms with Gasteiger partial charge >= 0.3 is 39.5 Å². The molecule has 0 bridgehead atoms. The van der Waals surface area contributed by atoms with Crippen molar-refractivity contribution in [2.24, 2.45) is 11.8 Å². The molecule has 526 valence electrons. The summed E-state index contributed by atoms with van der Waals surface area (Å²) in [5, 5.41) is 10.6. The average molecular weight is 1320 g/mol. The summed E-state index contributed by atoms with van der Waals surface area (Å²) < 4.78 is 68.2. The van der Waals surface area contributed by atoms with E-state index < -0.39 is 97.5 Å². The highest BCUT2D eigenvalue weighted by molar-refractivity contribution is 7.47. The van der Waals surface area contributed by atoms with Crippen LogP contribution in [0.15, 0.2) is 48.6 Å². The van der Waals surface area contributed by atoms with E-state index in [-0.39, 0.29) is 25.7 Å². The molecule has 0 aromatic carbocycles. The quantitative estimate of drug-likeness (QED) is 0.0169. The van der Waals surface area contributed by atoms with E-state index in [4.69, 9.17) is 37.0 Å². The normalized spacial score (nSPS) is 14.8. The molecule has 0 heterocycles. The molecule has 0 amide bonds. The third kappa shape index (κ3) is 62.5. The second-order valence-electron chi connectivity index (χ2n) is 25.0. The number of hydrogen-bond acceptors (Lipinski definition) is 15. The largest absolute Gasteiger partial charge is 0.472 e. The van der Waals surface area contributed by atoms with Crippen LogP contribution in [0.3, 0.4) is 0 Å². The van der Waals surface area contributed by atoms with Crippen LogP contribution in [0, 0.1) is 11.8 Å². The molecular weight excluding hydrogens is 1190 g/mol. The Hall–Kier alpha value is -2.98. The van der Waals surface area contributed by atoms with Crippen LogP contribution >= 0.6 is 15.6 Å². The maximum Gasteiger partial charge on any atom is 0.472 e. The van der Waals surface area contributed by atoms with Crippen molar-refractivity contribution in [3.05, 3.63) is 48.6 Å². The summed E-state index contributed by atoms with van der Waals surface area (Å²) in [6.07, 6.45) is 53.1. The number of carbonyl (C=O) groups is 4. The molecule has 0 aromatic rings. The maximum atomic E-state index is 13.0. The van der Waals surface area contributed by atoms with Gasteiger partial charge in [0.2, 0.25) is 0 Å². The molecule has 0 fully saturated rings. The highest BCUT2D eigenvalue weighted by atomic mass is 31.2. The van der Waals surface area contributed by atoms with E-state index in [9.17, 15) is 43.2 Å². The van der Waals surface area contributed by atoms with Crippen molar-refractivity contribution in [3.63, 3.8) is 0 Å². The number of allylic oxidation sites excluding steroid dienone is 8. The lowest BCUT2D eigenvalue weighted by Crippen LogP contribution is -2.30. The monoisotopic (exact) mass is 1320 g/mol. The standard InChI is InChI=1S/C71H130O17P2/c1-7-10-12-14-16-18-20-22-24-26-28-30-34-41-47-53-68(73)81-59-66(87-70(75)55-49-43-35-31-29-27-25-23-21-19-17-15-13-11-8-2)61-85-89(77,78)83-57-65(72)58-84-90(79,80)86-62-67(88-71(76)56-50-44-36-32-33-39-45-51-63(4)5)60-82-69(74)54-48-42-38-37-40-46-52-64(6)9-3/h18-25,63-67,72H,7-17,26-62H2,1-6H3,(H,77,78)(H,79,80)/b20-18-,21-19-,24-22-,25-23-/t64?,65-,66-,67-/m1/s1. The molecule has 90 heavy (non-hydrogen) atoms. The molecule has 3 unspecified atom stereocenters. The molecule has 0 radical (unpaired) electrons. The molecule has 0 aliphatic carbocycles. The minimum atomic E-state index is -4.97. The van der Waals surface area contributed by atoms with Crippen molar-refractivity contribution in [2.75, 3.05) is 39.6 Å².